The third-order valence-corrected chi connectivity index (χ3v) is 2.33. The molecule has 0 amide bonds. The second-order valence-electron chi connectivity index (χ2n) is 4.49. The monoisotopic (exact) mass is 170 g/mol. The first kappa shape index (κ1) is 14.3. The van der Waals surface area contributed by atoms with Gasteiger partial charge in [-0.1, -0.05) is 38.8 Å². The number of allylic oxidation sites excluding steroid dienone is 2. The van der Waals surface area contributed by atoms with E-state index in [0.29, 0.717) is 0 Å². The van der Waals surface area contributed by atoms with E-state index < -0.39 is 0 Å². The van der Waals surface area contributed by atoms with E-state index in [1.54, 1.807) is 0 Å². The fraction of sp³-hybridized carbons (Fsp3) is 0.833. The van der Waals surface area contributed by atoms with Gasteiger partial charge in [-0.05, 0) is 39.5 Å². The Morgan fingerprint density at radius 2 is 0.750 bits per heavy atom. The van der Waals surface area contributed by atoms with Gasteiger partial charge in [-0.15, -0.1) is 0 Å². The molecule has 0 rings (SSSR count). The molecule has 0 aromatic heterocycles. The van der Waals surface area contributed by atoms with Gasteiger partial charge in [0.2, 0.25) is 0 Å². The first-order valence-corrected chi connectivity index (χ1v) is 4.89. The number of hydrogen-bond donors (Lipinski definition) is 0. The highest BCUT2D eigenvalue weighted by Crippen LogP contribution is 2.05. The molecule has 0 saturated heterocycles. The molecule has 0 aromatic carbocycles. The summed E-state index contributed by atoms with van der Waals surface area (Å²) in [4.78, 5) is 0. The van der Waals surface area contributed by atoms with Crippen LogP contribution in [-0.2, 0) is 0 Å². The lowest BCUT2D eigenvalue weighted by atomic mass is 10.0. The van der Waals surface area contributed by atoms with Gasteiger partial charge in [0.15, 0.2) is 0 Å². The highest BCUT2D eigenvalue weighted by atomic mass is 14.0. The molecule has 0 aliphatic heterocycles. The summed E-state index contributed by atoms with van der Waals surface area (Å²) in [5.41, 5.74) is 2.85. The maximum Gasteiger partial charge on any atom is -0.0440 e. The van der Waals surface area contributed by atoms with Crippen LogP contribution in [-0.4, -0.2) is 0 Å². The zero-order valence-electron chi connectivity index (χ0n) is 10.2. The van der Waals surface area contributed by atoms with Crippen molar-refractivity contribution in [2.24, 2.45) is 11.8 Å². The SMILES string of the molecule is CC(C)=C(C)C.CC(C)C(C)C. The van der Waals surface area contributed by atoms with Crippen molar-refractivity contribution in [1.29, 1.82) is 0 Å². The van der Waals surface area contributed by atoms with Crippen LogP contribution in [0.25, 0.3) is 0 Å². The molecule has 0 nitrogen and oxygen atoms in total. The lowest BCUT2D eigenvalue weighted by Crippen LogP contribution is -1.95. The van der Waals surface area contributed by atoms with Gasteiger partial charge in [-0.2, -0.15) is 0 Å². The van der Waals surface area contributed by atoms with Crippen LogP contribution in [0.2, 0.25) is 0 Å². The van der Waals surface area contributed by atoms with E-state index in [4.69, 9.17) is 0 Å². The smallest absolute Gasteiger partial charge is 0.0440 e. The second kappa shape index (κ2) is 7.39. The summed E-state index contributed by atoms with van der Waals surface area (Å²) in [5, 5.41) is 0. The quantitative estimate of drug-likeness (QED) is 0.502. The van der Waals surface area contributed by atoms with Crippen LogP contribution in [0, 0.1) is 11.8 Å². The highest BCUT2D eigenvalue weighted by molar-refractivity contribution is 5.02. The third kappa shape index (κ3) is 12.4. The molecule has 0 heterocycles. The predicted octanol–water partition coefficient (Wildman–Crippen LogP) is 4.66. The zero-order chi connectivity index (χ0) is 10.3. The van der Waals surface area contributed by atoms with Crippen LogP contribution < -0.4 is 0 Å². The summed E-state index contributed by atoms with van der Waals surface area (Å²) in [6.45, 7) is 17.4. The molecule has 0 saturated carbocycles. The molecular formula is C12H26. The van der Waals surface area contributed by atoms with Crippen LogP contribution in [0.5, 0.6) is 0 Å². The van der Waals surface area contributed by atoms with Crippen molar-refractivity contribution in [2.75, 3.05) is 0 Å². The minimum atomic E-state index is 0.852. The molecule has 12 heavy (non-hydrogen) atoms. The molecular weight excluding hydrogens is 144 g/mol. The van der Waals surface area contributed by atoms with E-state index in [0.717, 1.165) is 11.8 Å². The highest BCUT2D eigenvalue weighted by Gasteiger charge is 1.95. The number of hydrogen-bond acceptors (Lipinski definition) is 0. The fourth-order valence-corrected chi connectivity index (χ4v) is 0. The Hall–Kier alpha value is -0.260. The van der Waals surface area contributed by atoms with Crippen LogP contribution in [0.3, 0.4) is 0 Å². The van der Waals surface area contributed by atoms with Crippen LogP contribution in [0.15, 0.2) is 11.1 Å². The minimum Gasteiger partial charge on any atom is -0.0778 e. The Bertz CT molecular complexity index is 103. The van der Waals surface area contributed by atoms with E-state index in [1.165, 1.54) is 11.1 Å². The second-order valence-corrected chi connectivity index (χ2v) is 4.49. The van der Waals surface area contributed by atoms with Crippen molar-refractivity contribution in [3.05, 3.63) is 11.1 Å². The molecule has 0 aliphatic carbocycles. The van der Waals surface area contributed by atoms with Gasteiger partial charge in [0.25, 0.3) is 0 Å². The number of rotatable bonds is 1. The van der Waals surface area contributed by atoms with Gasteiger partial charge >= 0.3 is 0 Å². The van der Waals surface area contributed by atoms with Gasteiger partial charge in [0, 0.05) is 0 Å². The van der Waals surface area contributed by atoms with Crippen LogP contribution in [0.1, 0.15) is 55.4 Å². The lowest BCUT2D eigenvalue weighted by molar-refractivity contribution is 0.457. The van der Waals surface area contributed by atoms with Gasteiger partial charge in [-0.3, -0.25) is 0 Å². The van der Waals surface area contributed by atoms with Gasteiger partial charge in [0.05, 0.1) is 0 Å². The van der Waals surface area contributed by atoms with E-state index in [1.807, 2.05) is 0 Å². The topological polar surface area (TPSA) is 0 Å². The third-order valence-electron chi connectivity index (χ3n) is 2.33. The van der Waals surface area contributed by atoms with E-state index in [-0.39, 0.29) is 0 Å². The average Bonchev–Trinajstić information content (AvgIpc) is 1.88. The molecule has 74 valence electrons. The molecule has 0 spiro atoms. The average molecular weight is 170 g/mol. The molecule has 0 radical (unpaired) electrons. The Kier molecular flexibility index (Phi) is 8.79. The Morgan fingerprint density at radius 3 is 0.750 bits per heavy atom. The Morgan fingerprint density at radius 1 is 0.583 bits per heavy atom. The molecule has 0 atom stereocenters. The van der Waals surface area contributed by atoms with Gasteiger partial charge in [-0.25, -0.2) is 0 Å². The molecule has 0 aromatic rings. The summed E-state index contributed by atoms with van der Waals surface area (Å²) in [5.74, 6) is 1.70. The molecule has 0 heteroatoms. The summed E-state index contributed by atoms with van der Waals surface area (Å²) in [6, 6.07) is 0. The van der Waals surface area contributed by atoms with Crippen LogP contribution >= 0.6 is 0 Å². The maximum absolute atomic E-state index is 2.24. The zero-order valence-corrected chi connectivity index (χ0v) is 10.2. The lowest BCUT2D eigenvalue weighted by Gasteiger charge is -2.05. The van der Waals surface area contributed by atoms with Crippen molar-refractivity contribution in [2.45, 2.75) is 55.4 Å². The van der Waals surface area contributed by atoms with E-state index in [2.05, 4.69) is 55.4 Å². The Balaban J connectivity index is 0. The largest absolute Gasteiger partial charge is 0.0778 e. The predicted molar refractivity (Wildman–Crippen MR) is 59.4 cm³/mol. The van der Waals surface area contributed by atoms with E-state index in [9.17, 15) is 0 Å². The fourth-order valence-electron chi connectivity index (χ4n) is 0. The summed E-state index contributed by atoms with van der Waals surface area (Å²) >= 11 is 0. The first-order valence-electron chi connectivity index (χ1n) is 4.89. The first-order chi connectivity index (χ1) is 5.29. The maximum atomic E-state index is 2.24. The summed E-state index contributed by atoms with van der Waals surface area (Å²) in [6.07, 6.45) is 0. The molecule has 0 aliphatic rings. The molecule has 0 N–H and O–H groups in total. The minimum absolute atomic E-state index is 0.852. The van der Waals surface area contributed by atoms with E-state index >= 15 is 0 Å². The molecule has 0 bridgehead atoms. The summed E-state index contributed by atoms with van der Waals surface area (Å²) < 4.78 is 0. The summed E-state index contributed by atoms with van der Waals surface area (Å²) in [7, 11) is 0. The van der Waals surface area contributed by atoms with Crippen molar-refractivity contribution in [1.82, 2.24) is 0 Å². The van der Waals surface area contributed by atoms with Crippen molar-refractivity contribution >= 4 is 0 Å². The normalized spacial score (nSPS) is 9.50. The van der Waals surface area contributed by atoms with Gasteiger partial charge in [0.1, 0.15) is 0 Å². The van der Waals surface area contributed by atoms with Crippen molar-refractivity contribution in [3.63, 3.8) is 0 Å². The Labute approximate surface area is 79.1 Å². The van der Waals surface area contributed by atoms with Crippen LogP contribution in [0.4, 0.5) is 0 Å². The molecule has 0 unspecified atom stereocenters. The van der Waals surface area contributed by atoms with Crippen molar-refractivity contribution in [3.8, 4) is 0 Å². The van der Waals surface area contributed by atoms with Crippen molar-refractivity contribution < 1.29 is 0 Å². The standard InChI is InChI=1S/C6H14.C6H12/c2*1-5(2)6(3)4/h5-6H,1-4H3;1-4H3. The molecule has 0 fully saturated rings. The van der Waals surface area contributed by atoms with Gasteiger partial charge < -0.3 is 0 Å².